The maximum Gasteiger partial charge on any atom is 0.321 e. The summed E-state index contributed by atoms with van der Waals surface area (Å²) in [5, 5.41) is 14.6. The predicted molar refractivity (Wildman–Crippen MR) is 68.1 cm³/mol. The van der Waals surface area contributed by atoms with Crippen LogP contribution in [0.3, 0.4) is 0 Å². The topological polar surface area (TPSA) is 81.7 Å². The van der Waals surface area contributed by atoms with Crippen molar-refractivity contribution in [1.29, 1.82) is 0 Å². The summed E-state index contributed by atoms with van der Waals surface area (Å²) in [6, 6.07) is -0.451. The Morgan fingerprint density at radius 1 is 1.44 bits per heavy atom. The van der Waals surface area contributed by atoms with Gasteiger partial charge in [0.25, 0.3) is 0 Å². The predicted octanol–water partition coefficient (Wildman–Crippen LogP) is -0.0751. The summed E-state index contributed by atoms with van der Waals surface area (Å²) in [5.41, 5.74) is 0. The first kappa shape index (κ1) is 14.9. The van der Waals surface area contributed by atoms with Crippen molar-refractivity contribution in [2.24, 2.45) is 5.92 Å². The second kappa shape index (κ2) is 7.33. The van der Waals surface area contributed by atoms with Crippen molar-refractivity contribution in [3.05, 3.63) is 0 Å². The van der Waals surface area contributed by atoms with Crippen molar-refractivity contribution < 1.29 is 14.7 Å². The maximum atomic E-state index is 11.6. The van der Waals surface area contributed by atoms with E-state index in [-0.39, 0.29) is 24.5 Å². The van der Waals surface area contributed by atoms with E-state index in [2.05, 4.69) is 10.6 Å². The molecule has 2 atom stereocenters. The van der Waals surface area contributed by atoms with Gasteiger partial charge in [0.2, 0.25) is 5.91 Å². The Balaban J connectivity index is 2.26. The molecule has 1 saturated heterocycles. The fourth-order valence-corrected chi connectivity index (χ4v) is 1.91. The van der Waals surface area contributed by atoms with E-state index in [9.17, 15) is 14.7 Å². The van der Waals surface area contributed by atoms with Gasteiger partial charge in [-0.25, -0.2) is 4.79 Å². The molecule has 18 heavy (non-hydrogen) atoms. The van der Waals surface area contributed by atoms with Crippen LogP contribution in [0.4, 0.5) is 4.79 Å². The minimum Gasteiger partial charge on any atom is -0.392 e. The Morgan fingerprint density at radius 2 is 2.17 bits per heavy atom. The number of carbonyl (C=O) groups is 2. The van der Waals surface area contributed by atoms with Crippen LogP contribution < -0.4 is 10.6 Å². The van der Waals surface area contributed by atoms with Crippen molar-refractivity contribution >= 4 is 11.9 Å². The van der Waals surface area contributed by atoms with Gasteiger partial charge in [-0.15, -0.1) is 0 Å². The van der Waals surface area contributed by atoms with Crippen molar-refractivity contribution in [1.82, 2.24) is 15.5 Å². The van der Waals surface area contributed by atoms with Gasteiger partial charge in [-0.1, -0.05) is 13.8 Å². The molecule has 0 saturated carbocycles. The molecular formula is C12H23N3O3. The summed E-state index contributed by atoms with van der Waals surface area (Å²) in [7, 11) is 0. The first-order valence-corrected chi connectivity index (χ1v) is 6.51. The molecule has 6 nitrogen and oxygen atoms in total. The Bertz CT molecular complexity index is 296. The number of rotatable bonds is 4. The number of urea groups is 1. The van der Waals surface area contributed by atoms with Crippen LogP contribution in [0, 0.1) is 5.92 Å². The first-order chi connectivity index (χ1) is 8.52. The van der Waals surface area contributed by atoms with Crippen LogP contribution in [-0.2, 0) is 4.79 Å². The number of amides is 3. The lowest BCUT2D eigenvalue weighted by Crippen LogP contribution is -2.49. The fourth-order valence-electron chi connectivity index (χ4n) is 1.91. The zero-order valence-electron chi connectivity index (χ0n) is 11.1. The normalized spacial score (nSPS) is 24.6. The van der Waals surface area contributed by atoms with Crippen LogP contribution in [0.1, 0.15) is 26.7 Å². The van der Waals surface area contributed by atoms with E-state index in [1.54, 1.807) is 0 Å². The lowest BCUT2D eigenvalue weighted by molar-refractivity contribution is -0.122. The minimum atomic E-state index is -0.451. The third-order valence-corrected chi connectivity index (χ3v) is 3.16. The highest BCUT2D eigenvalue weighted by Gasteiger charge is 2.25. The van der Waals surface area contributed by atoms with Gasteiger partial charge in [-0.05, 0) is 25.3 Å². The van der Waals surface area contributed by atoms with Gasteiger partial charge in [-0.3, -0.25) is 15.0 Å². The highest BCUT2D eigenvalue weighted by Crippen LogP contribution is 2.16. The number of imide groups is 1. The third kappa shape index (κ3) is 5.01. The van der Waals surface area contributed by atoms with Gasteiger partial charge in [0.15, 0.2) is 0 Å². The number of likely N-dealkylation sites (tertiary alicyclic amines) is 1. The molecule has 0 aliphatic carbocycles. The van der Waals surface area contributed by atoms with Crippen LogP contribution in [0.5, 0.6) is 0 Å². The summed E-state index contributed by atoms with van der Waals surface area (Å²) in [5.74, 6) is -0.0532. The van der Waals surface area contributed by atoms with Crippen LogP contribution in [0.2, 0.25) is 0 Å². The number of hydrogen-bond donors (Lipinski definition) is 3. The Kier molecular flexibility index (Phi) is 6.07. The summed E-state index contributed by atoms with van der Waals surface area (Å²) >= 11 is 0. The van der Waals surface area contributed by atoms with E-state index in [1.807, 2.05) is 18.7 Å². The SMILES string of the molecule is CCCNC(=O)NC(=O)CN1CCC(C)C(O)C1. The number of nitrogens with one attached hydrogen (secondary N) is 2. The summed E-state index contributed by atoms with van der Waals surface area (Å²) in [6.45, 7) is 5.93. The van der Waals surface area contributed by atoms with E-state index < -0.39 is 6.03 Å². The van der Waals surface area contributed by atoms with Gasteiger partial charge >= 0.3 is 6.03 Å². The van der Waals surface area contributed by atoms with E-state index in [4.69, 9.17) is 0 Å². The third-order valence-electron chi connectivity index (χ3n) is 3.16. The lowest BCUT2D eigenvalue weighted by atomic mass is 9.96. The van der Waals surface area contributed by atoms with E-state index >= 15 is 0 Å². The molecule has 2 unspecified atom stereocenters. The standard InChI is InChI=1S/C12H23N3O3/c1-3-5-13-12(18)14-11(17)8-15-6-4-9(2)10(16)7-15/h9-10,16H,3-8H2,1-2H3,(H2,13,14,17,18). The molecular weight excluding hydrogens is 234 g/mol. The Hall–Kier alpha value is -1.14. The molecule has 0 aromatic heterocycles. The quantitative estimate of drug-likeness (QED) is 0.658. The van der Waals surface area contributed by atoms with Crippen molar-refractivity contribution in [3.8, 4) is 0 Å². The summed E-state index contributed by atoms with van der Waals surface area (Å²) in [6.07, 6.45) is 1.31. The molecule has 1 aliphatic rings. The van der Waals surface area contributed by atoms with Crippen molar-refractivity contribution in [3.63, 3.8) is 0 Å². The minimum absolute atomic E-state index is 0.156. The molecule has 104 valence electrons. The number of β-amino-alcohol motifs (C(OH)–C–C–N with tert-alkyl or cyclic N) is 1. The molecule has 1 rings (SSSR count). The molecule has 3 N–H and O–H groups in total. The van der Waals surface area contributed by atoms with Gasteiger partial charge < -0.3 is 10.4 Å². The lowest BCUT2D eigenvalue weighted by Gasteiger charge is -2.33. The number of aliphatic hydroxyl groups is 1. The molecule has 1 fully saturated rings. The van der Waals surface area contributed by atoms with E-state index in [0.717, 1.165) is 19.4 Å². The van der Waals surface area contributed by atoms with Gasteiger partial charge in [-0.2, -0.15) is 0 Å². The van der Waals surface area contributed by atoms with Gasteiger partial charge in [0.05, 0.1) is 12.6 Å². The Labute approximate surface area is 108 Å². The monoisotopic (exact) mass is 257 g/mol. The first-order valence-electron chi connectivity index (χ1n) is 6.51. The average molecular weight is 257 g/mol. The summed E-state index contributed by atoms with van der Waals surface area (Å²) < 4.78 is 0. The van der Waals surface area contributed by atoms with E-state index in [1.165, 1.54) is 0 Å². The number of carbonyl (C=O) groups excluding carboxylic acids is 2. The molecule has 1 heterocycles. The van der Waals surface area contributed by atoms with Crippen molar-refractivity contribution in [2.75, 3.05) is 26.2 Å². The molecule has 0 radical (unpaired) electrons. The maximum absolute atomic E-state index is 11.6. The molecule has 6 heteroatoms. The second-order valence-corrected chi connectivity index (χ2v) is 4.87. The van der Waals surface area contributed by atoms with E-state index in [0.29, 0.717) is 13.1 Å². The van der Waals surface area contributed by atoms with Crippen LogP contribution in [0.25, 0.3) is 0 Å². The zero-order chi connectivity index (χ0) is 13.5. The van der Waals surface area contributed by atoms with Crippen molar-refractivity contribution in [2.45, 2.75) is 32.8 Å². The van der Waals surface area contributed by atoms with Gasteiger partial charge in [0.1, 0.15) is 0 Å². The zero-order valence-corrected chi connectivity index (χ0v) is 11.1. The van der Waals surface area contributed by atoms with Crippen LogP contribution in [-0.4, -0.2) is 54.2 Å². The highest BCUT2D eigenvalue weighted by atomic mass is 16.3. The van der Waals surface area contributed by atoms with Crippen LogP contribution in [0.15, 0.2) is 0 Å². The Morgan fingerprint density at radius 3 is 2.78 bits per heavy atom. The highest BCUT2D eigenvalue weighted by molar-refractivity contribution is 5.95. The largest absolute Gasteiger partial charge is 0.392 e. The van der Waals surface area contributed by atoms with Crippen LogP contribution >= 0.6 is 0 Å². The second-order valence-electron chi connectivity index (χ2n) is 4.87. The molecule has 1 aliphatic heterocycles. The number of nitrogens with zero attached hydrogens (tertiary/aromatic N) is 1. The molecule has 0 bridgehead atoms. The molecule has 3 amide bonds. The summed E-state index contributed by atoms with van der Waals surface area (Å²) in [4.78, 5) is 24.7. The molecule has 0 spiro atoms. The number of piperidine rings is 1. The molecule has 0 aromatic carbocycles. The smallest absolute Gasteiger partial charge is 0.321 e. The average Bonchev–Trinajstić information content (AvgIpc) is 2.31. The molecule has 0 aromatic rings. The number of hydrogen-bond acceptors (Lipinski definition) is 4. The van der Waals surface area contributed by atoms with Gasteiger partial charge in [0, 0.05) is 13.1 Å². The number of aliphatic hydroxyl groups excluding tert-OH is 1. The fraction of sp³-hybridized carbons (Fsp3) is 0.833.